The maximum absolute atomic E-state index is 10.9. The molecule has 1 aromatic carbocycles. The summed E-state index contributed by atoms with van der Waals surface area (Å²) >= 11 is 0. The molecule has 90 valence electrons. The maximum atomic E-state index is 10.9. The molecule has 0 aromatic heterocycles. The summed E-state index contributed by atoms with van der Waals surface area (Å²) < 4.78 is 0. The Labute approximate surface area is 97.9 Å². The van der Waals surface area contributed by atoms with Gasteiger partial charge in [-0.05, 0) is 11.5 Å². The third-order valence-electron chi connectivity index (χ3n) is 2.26. The van der Waals surface area contributed by atoms with Crippen molar-refractivity contribution in [2.45, 2.75) is 19.8 Å². The van der Waals surface area contributed by atoms with Crippen LogP contribution in [0.5, 0.6) is 0 Å². The van der Waals surface area contributed by atoms with E-state index in [0.29, 0.717) is 11.1 Å². The Hall–Kier alpha value is -2.24. The van der Waals surface area contributed by atoms with Gasteiger partial charge in [-0.15, -0.1) is 0 Å². The fourth-order valence-electron chi connectivity index (χ4n) is 1.46. The first-order valence-corrected chi connectivity index (χ1v) is 5.02. The largest absolute Gasteiger partial charge is 0.273 e. The number of hydrogen-bond donors (Lipinski definition) is 0. The van der Waals surface area contributed by atoms with Gasteiger partial charge in [-0.1, -0.05) is 26.0 Å². The SMILES string of the molecule is CC(C)c1ccc(/C=C/[N+](=O)[O-])cc1[N+](=O)[O-]. The van der Waals surface area contributed by atoms with Gasteiger partial charge in [0, 0.05) is 17.7 Å². The molecule has 6 heteroatoms. The van der Waals surface area contributed by atoms with Gasteiger partial charge < -0.3 is 0 Å². The zero-order chi connectivity index (χ0) is 13.0. The Morgan fingerprint density at radius 2 is 1.88 bits per heavy atom. The van der Waals surface area contributed by atoms with Crippen molar-refractivity contribution >= 4 is 11.8 Å². The molecule has 17 heavy (non-hydrogen) atoms. The van der Waals surface area contributed by atoms with Crippen molar-refractivity contribution in [3.05, 3.63) is 55.8 Å². The van der Waals surface area contributed by atoms with Crippen molar-refractivity contribution in [1.29, 1.82) is 0 Å². The number of nitrogens with zero attached hydrogens (tertiary/aromatic N) is 2. The molecule has 0 aliphatic rings. The molecule has 0 aliphatic heterocycles. The highest BCUT2D eigenvalue weighted by molar-refractivity contribution is 5.56. The van der Waals surface area contributed by atoms with Gasteiger partial charge in [-0.2, -0.15) is 0 Å². The van der Waals surface area contributed by atoms with Crippen molar-refractivity contribution in [2.24, 2.45) is 0 Å². The number of hydrogen-bond acceptors (Lipinski definition) is 4. The summed E-state index contributed by atoms with van der Waals surface area (Å²) in [6, 6.07) is 4.60. The third-order valence-corrected chi connectivity index (χ3v) is 2.26. The van der Waals surface area contributed by atoms with Crippen LogP contribution in [0.1, 0.15) is 30.9 Å². The number of nitro groups is 2. The molecule has 0 radical (unpaired) electrons. The molecule has 0 bridgehead atoms. The smallest absolute Gasteiger partial charge is 0.259 e. The maximum Gasteiger partial charge on any atom is 0.273 e. The van der Waals surface area contributed by atoms with Gasteiger partial charge in [0.1, 0.15) is 0 Å². The highest BCUT2D eigenvalue weighted by Gasteiger charge is 2.16. The number of nitro benzene ring substituents is 1. The van der Waals surface area contributed by atoms with E-state index >= 15 is 0 Å². The Morgan fingerprint density at radius 1 is 1.24 bits per heavy atom. The fourth-order valence-corrected chi connectivity index (χ4v) is 1.46. The van der Waals surface area contributed by atoms with E-state index in [1.807, 2.05) is 13.8 Å². The molecule has 0 aliphatic carbocycles. The average Bonchev–Trinajstić information content (AvgIpc) is 2.25. The van der Waals surface area contributed by atoms with Crippen LogP contribution in [0.15, 0.2) is 24.4 Å². The van der Waals surface area contributed by atoms with Crippen LogP contribution >= 0.6 is 0 Å². The summed E-state index contributed by atoms with van der Waals surface area (Å²) in [5.41, 5.74) is 1.05. The second kappa shape index (κ2) is 5.20. The lowest BCUT2D eigenvalue weighted by molar-refractivity contribution is -0.400. The Balaban J connectivity index is 3.19. The van der Waals surface area contributed by atoms with Gasteiger partial charge in [0.25, 0.3) is 5.69 Å². The van der Waals surface area contributed by atoms with Gasteiger partial charge in [-0.25, -0.2) is 0 Å². The van der Waals surface area contributed by atoms with E-state index in [-0.39, 0.29) is 11.6 Å². The van der Waals surface area contributed by atoms with E-state index in [0.717, 1.165) is 6.20 Å². The Kier molecular flexibility index (Phi) is 3.92. The van der Waals surface area contributed by atoms with Crippen LogP contribution in [0, 0.1) is 20.2 Å². The predicted molar refractivity (Wildman–Crippen MR) is 63.2 cm³/mol. The summed E-state index contributed by atoms with van der Waals surface area (Å²) in [7, 11) is 0. The zero-order valence-corrected chi connectivity index (χ0v) is 9.49. The van der Waals surface area contributed by atoms with E-state index in [4.69, 9.17) is 0 Å². The summed E-state index contributed by atoms with van der Waals surface area (Å²) in [5, 5.41) is 21.0. The summed E-state index contributed by atoms with van der Waals surface area (Å²) in [6.07, 6.45) is 1.99. The van der Waals surface area contributed by atoms with Crippen molar-refractivity contribution in [3.63, 3.8) is 0 Å². The molecule has 0 unspecified atom stereocenters. The van der Waals surface area contributed by atoms with E-state index in [2.05, 4.69) is 0 Å². The van der Waals surface area contributed by atoms with E-state index < -0.39 is 9.85 Å². The van der Waals surface area contributed by atoms with Crippen LogP contribution < -0.4 is 0 Å². The molecule has 1 aromatic rings. The molecule has 0 saturated heterocycles. The van der Waals surface area contributed by atoms with Crippen LogP contribution in [0.3, 0.4) is 0 Å². The fraction of sp³-hybridized carbons (Fsp3) is 0.273. The lowest BCUT2D eigenvalue weighted by atomic mass is 9.99. The lowest BCUT2D eigenvalue weighted by Crippen LogP contribution is -1.97. The Bertz CT molecular complexity index is 480. The first-order valence-electron chi connectivity index (χ1n) is 5.02. The number of benzene rings is 1. The second-order valence-corrected chi connectivity index (χ2v) is 3.83. The first-order chi connectivity index (χ1) is 7.91. The minimum atomic E-state index is -0.609. The first kappa shape index (κ1) is 12.8. The molecule has 0 saturated carbocycles. The molecule has 1 rings (SSSR count). The van der Waals surface area contributed by atoms with E-state index in [1.54, 1.807) is 12.1 Å². The molecule has 0 amide bonds. The van der Waals surface area contributed by atoms with Crippen molar-refractivity contribution < 1.29 is 9.85 Å². The molecule has 6 nitrogen and oxygen atoms in total. The zero-order valence-electron chi connectivity index (χ0n) is 9.49. The molecular weight excluding hydrogens is 224 g/mol. The van der Waals surface area contributed by atoms with Crippen molar-refractivity contribution in [1.82, 2.24) is 0 Å². The van der Waals surface area contributed by atoms with Gasteiger partial charge >= 0.3 is 0 Å². The van der Waals surface area contributed by atoms with Gasteiger partial charge in [0.15, 0.2) is 0 Å². The van der Waals surface area contributed by atoms with Crippen LogP contribution in [0.2, 0.25) is 0 Å². The van der Waals surface area contributed by atoms with E-state index in [1.165, 1.54) is 12.1 Å². The highest BCUT2D eigenvalue weighted by atomic mass is 16.6. The number of rotatable bonds is 4. The molecule has 0 spiro atoms. The van der Waals surface area contributed by atoms with Gasteiger partial charge in [0.05, 0.1) is 9.85 Å². The standard InChI is InChI=1S/C11H12N2O4/c1-8(2)10-4-3-9(5-6-12(14)15)7-11(10)13(16)17/h3-8H,1-2H3/b6-5+. The Morgan fingerprint density at radius 3 is 2.35 bits per heavy atom. The van der Waals surface area contributed by atoms with E-state index in [9.17, 15) is 20.2 Å². The molecule has 0 heterocycles. The summed E-state index contributed by atoms with van der Waals surface area (Å²) in [6.45, 7) is 3.71. The van der Waals surface area contributed by atoms with Gasteiger partial charge in [0.2, 0.25) is 6.20 Å². The minimum Gasteiger partial charge on any atom is -0.259 e. The summed E-state index contributed by atoms with van der Waals surface area (Å²) in [5.74, 6) is 0.0314. The molecular formula is C11H12N2O4. The molecule has 0 atom stereocenters. The third kappa shape index (κ3) is 3.37. The second-order valence-electron chi connectivity index (χ2n) is 3.83. The molecule has 0 fully saturated rings. The topological polar surface area (TPSA) is 86.3 Å². The van der Waals surface area contributed by atoms with Crippen LogP contribution in [-0.2, 0) is 0 Å². The lowest BCUT2D eigenvalue weighted by Gasteiger charge is -2.06. The summed E-state index contributed by atoms with van der Waals surface area (Å²) in [4.78, 5) is 19.9. The highest BCUT2D eigenvalue weighted by Crippen LogP contribution is 2.27. The van der Waals surface area contributed by atoms with Gasteiger partial charge in [-0.3, -0.25) is 20.2 Å². The van der Waals surface area contributed by atoms with Crippen LogP contribution in [0.4, 0.5) is 5.69 Å². The van der Waals surface area contributed by atoms with Crippen molar-refractivity contribution in [2.75, 3.05) is 0 Å². The predicted octanol–water partition coefficient (Wildman–Crippen LogP) is 2.97. The minimum absolute atomic E-state index is 0.00880. The van der Waals surface area contributed by atoms with Crippen LogP contribution in [-0.4, -0.2) is 9.85 Å². The van der Waals surface area contributed by atoms with Crippen LogP contribution in [0.25, 0.3) is 6.08 Å². The monoisotopic (exact) mass is 236 g/mol. The molecule has 0 N–H and O–H groups in total. The normalized spacial score (nSPS) is 11.0. The quantitative estimate of drug-likeness (QED) is 0.594. The average molecular weight is 236 g/mol. The van der Waals surface area contributed by atoms with Crippen molar-refractivity contribution in [3.8, 4) is 0 Å².